The standard InChI is InChI=1S/C8H8O2.C5H11NO2/c1-6-4-7(5-9)2-3-8(6)10;1-5(2,3)8-4(6)7/h2-5,10H,1H3;1-3H3,(H2,6,7). The molecular weight excluding hydrogens is 234 g/mol. The molecule has 0 aliphatic rings. The van der Waals surface area contributed by atoms with Crippen LogP contribution >= 0.6 is 0 Å². The van der Waals surface area contributed by atoms with Crippen LogP contribution in [0.5, 0.6) is 5.75 Å². The molecule has 1 rings (SSSR count). The molecule has 1 aromatic rings. The van der Waals surface area contributed by atoms with E-state index in [0.717, 1.165) is 11.8 Å². The summed E-state index contributed by atoms with van der Waals surface area (Å²) in [5.74, 6) is 0.227. The van der Waals surface area contributed by atoms with Gasteiger partial charge < -0.3 is 15.6 Å². The molecule has 0 saturated heterocycles. The van der Waals surface area contributed by atoms with E-state index in [1.807, 2.05) is 0 Å². The van der Waals surface area contributed by atoms with E-state index >= 15 is 0 Å². The maximum atomic E-state index is 10.2. The predicted molar refractivity (Wildman–Crippen MR) is 68.7 cm³/mol. The molecule has 0 aliphatic carbocycles. The average Bonchev–Trinajstić information content (AvgIpc) is 2.19. The Kier molecular flexibility index (Phi) is 5.88. The average molecular weight is 253 g/mol. The third-order valence-corrected chi connectivity index (χ3v) is 1.76. The van der Waals surface area contributed by atoms with Crippen LogP contribution in [0.3, 0.4) is 0 Å². The van der Waals surface area contributed by atoms with Crippen LogP contribution < -0.4 is 5.73 Å². The van der Waals surface area contributed by atoms with Crippen molar-refractivity contribution in [3.63, 3.8) is 0 Å². The molecule has 0 spiro atoms. The van der Waals surface area contributed by atoms with Crippen LogP contribution in [0.25, 0.3) is 0 Å². The van der Waals surface area contributed by atoms with Crippen molar-refractivity contribution in [3.05, 3.63) is 29.3 Å². The van der Waals surface area contributed by atoms with Crippen LogP contribution in [-0.4, -0.2) is 23.1 Å². The van der Waals surface area contributed by atoms with Crippen molar-refractivity contribution in [1.82, 2.24) is 0 Å². The molecule has 100 valence electrons. The highest BCUT2D eigenvalue weighted by molar-refractivity contribution is 5.75. The fraction of sp³-hybridized carbons (Fsp3) is 0.385. The van der Waals surface area contributed by atoms with E-state index in [4.69, 9.17) is 10.8 Å². The van der Waals surface area contributed by atoms with E-state index in [1.165, 1.54) is 6.07 Å². The molecule has 0 atom stereocenters. The maximum absolute atomic E-state index is 10.2. The number of primary amides is 1. The predicted octanol–water partition coefficient (Wildman–Crippen LogP) is 2.39. The van der Waals surface area contributed by atoms with Crippen molar-refractivity contribution in [2.45, 2.75) is 33.3 Å². The van der Waals surface area contributed by atoms with Crippen LogP contribution in [0.4, 0.5) is 4.79 Å². The molecule has 0 aliphatic heterocycles. The lowest BCUT2D eigenvalue weighted by Gasteiger charge is -2.16. The lowest BCUT2D eigenvalue weighted by molar-refractivity contribution is 0.0600. The van der Waals surface area contributed by atoms with Crippen LogP contribution in [0.2, 0.25) is 0 Å². The first-order valence-electron chi connectivity index (χ1n) is 5.39. The smallest absolute Gasteiger partial charge is 0.405 e. The van der Waals surface area contributed by atoms with Crippen LogP contribution in [0.15, 0.2) is 18.2 Å². The quantitative estimate of drug-likeness (QED) is 0.752. The number of aromatic hydroxyl groups is 1. The van der Waals surface area contributed by atoms with Gasteiger partial charge in [-0.1, -0.05) is 0 Å². The molecule has 1 aromatic carbocycles. The Labute approximate surface area is 107 Å². The number of phenolic OH excluding ortho intramolecular Hbond substituents is 1. The second-order valence-electron chi connectivity index (χ2n) is 4.70. The minimum absolute atomic E-state index is 0.227. The van der Waals surface area contributed by atoms with Crippen molar-refractivity contribution in [2.24, 2.45) is 5.73 Å². The van der Waals surface area contributed by atoms with Crippen LogP contribution in [-0.2, 0) is 4.74 Å². The number of hydrogen-bond acceptors (Lipinski definition) is 4. The van der Waals surface area contributed by atoms with Crippen molar-refractivity contribution >= 4 is 12.4 Å². The van der Waals surface area contributed by atoms with Crippen LogP contribution in [0, 0.1) is 6.92 Å². The molecule has 0 radical (unpaired) electrons. The van der Waals surface area contributed by atoms with Gasteiger partial charge in [-0.25, -0.2) is 4.79 Å². The zero-order valence-electron chi connectivity index (χ0n) is 11.1. The summed E-state index contributed by atoms with van der Waals surface area (Å²) in [5, 5.41) is 9.02. The van der Waals surface area contributed by atoms with Crippen molar-refractivity contribution < 1.29 is 19.4 Å². The normalized spacial score (nSPS) is 10.0. The number of nitrogens with two attached hydrogens (primary N) is 1. The van der Waals surface area contributed by atoms with E-state index in [9.17, 15) is 9.59 Å². The molecular formula is C13H19NO4. The van der Waals surface area contributed by atoms with E-state index in [0.29, 0.717) is 5.56 Å². The second kappa shape index (κ2) is 6.64. The first-order chi connectivity index (χ1) is 8.15. The van der Waals surface area contributed by atoms with Crippen LogP contribution in [0.1, 0.15) is 36.7 Å². The van der Waals surface area contributed by atoms with Gasteiger partial charge in [-0.3, -0.25) is 4.79 Å². The van der Waals surface area contributed by atoms with Gasteiger partial charge in [0.15, 0.2) is 0 Å². The molecule has 0 fully saturated rings. The first kappa shape index (κ1) is 16.0. The molecule has 18 heavy (non-hydrogen) atoms. The third kappa shape index (κ3) is 7.27. The number of phenols is 1. The number of aldehydes is 1. The molecule has 0 saturated carbocycles. The molecule has 0 aromatic heterocycles. The monoisotopic (exact) mass is 253 g/mol. The molecule has 1 amide bonds. The highest BCUT2D eigenvalue weighted by atomic mass is 16.6. The lowest BCUT2D eigenvalue weighted by atomic mass is 10.1. The summed E-state index contributed by atoms with van der Waals surface area (Å²) in [6, 6.07) is 4.73. The first-order valence-corrected chi connectivity index (χ1v) is 5.39. The SMILES string of the molecule is CC(C)(C)OC(N)=O.Cc1cc(C=O)ccc1O. The van der Waals surface area contributed by atoms with Gasteiger partial charge in [-0.15, -0.1) is 0 Å². The molecule has 0 heterocycles. The number of amides is 1. The number of rotatable bonds is 1. The van der Waals surface area contributed by atoms with Gasteiger partial charge in [-0.2, -0.15) is 0 Å². The van der Waals surface area contributed by atoms with E-state index in [1.54, 1.807) is 39.8 Å². The van der Waals surface area contributed by atoms with Gasteiger partial charge in [0.1, 0.15) is 17.6 Å². The Balaban J connectivity index is 0.000000331. The van der Waals surface area contributed by atoms with Crippen molar-refractivity contribution in [3.8, 4) is 5.75 Å². The van der Waals surface area contributed by atoms with Gasteiger partial charge in [0.05, 0.1) is 0 Å². The Morgan fingerprint density at radius 3 is 2.22 bits per heavy atom. The Hall–Kier alpha value is -2.04. The van der Waals surface area contributed by atoms with E-state index in [-0.39, 0.29) is 5.75 Å². The minimum atomic E-state index is -0.725. The highest BCUT2D eigenvalue weighted by Gasteiger charge is 2.12. The number of ether oxygens (including phenoxy) is 1. The molecule has 0 bridgehead atoms. The van der Waals surface area contributed by atoms with Gasteiger partial charge in [-0.05, 0) is 51.5 Å². The lowest BCUT2D eigenvalue weighted by Crippen LogP contribution is -2.27. The highest BCUT2D eigenvalue weighted by Crippen LogP contribution is 2.15. The van der Waals surface area contributed by atoms with E-state index in [2.05, 4.69) is 4.74 Å². The number of hydrogen-bond donors (Lipinski definition) is 2. The fourth-order valence-electron chi connectivity index (χ4n) is 1.05. The second-order valence-corrected chi connectivity index (χ2v) is 4.70. The zero-order valence-corrected chi connectivity index (χ0v) is 11.1. The summed E-state index contributed by atoms with van der Waals surface area (Å²) in [4.78, 5) is 20.2. The van der Waals surface area contributed by atoms with Crippen molar-refractivity contribution in [1.29, 1.82) is 0 Å². The number of aryl methyl sites for hydroxylation is 1. The van der Waals surface area contributed by atoms with Gasteiger partial charge in [0, 0.05) is 5.56 Å². The summed E-state index contributed by atoms with van der Waals surface area (Å²) in [5.41, 5.74) is 5.58. The molecule has 5 nitrogen and oxygen atoms in total. The number of benzene rings is 1. The zero-order chi connectivity index (χ0) is 14.3. The Morgan fingerprint density at radius 2 is 1.94 bits per heavy atom. The van der Waals surface area contributed by atoms with E-state index < -0.39 is 11.7 Å². The number of carbonyl (C=O) groups excluding carboxylic acids is 2. The van der Waals surface area contributed by atoms with Gasteiger partial charge in [0.2, 0.25) is 0 Å². The fourth-order valence-corrected chi connectivity index (χ4v) is 1.05. The van der Waals surface area contributed by atoms with Gasteiger partial charge >= 0.3 is 6.09 Å². The summed E-state index contributed by atoms with van der Waals surface area (Å²) >= 11 is 0. The van der Waals surface area contributed by atoms with Gasteiger partial charge in [0.25, 0.3) is 0 Å². The third-order valence-electron chi connectivity index (χ3n) is 1.76. The number of carbonyl (C=O) groups is 2. The maximum Gasteiger partial charge on any atom is 0.405 e. The topological polar surface area (TPSA) is 89.6 Å². The summed E-state index contributed by atoms with van der Waals surface area (Å²) in [6.07, 6.45) is 0.0319. The molecule has 3 N–H and O–H groups in total. The minimum Gasteiger partial charge on any atom is -0.508 e. The summed E-state index contributed by atoms with van der Waals surface area (Å²) < 4.78 is 4.58. The summed E-state index contributed by atoms with van der Waals surface area (Å²) in [6.45, 7) is 7.04. The Morgan fingerprint density at radius 1 is 1.39 bits per heavy atom. The Bertz CT molecular complexity index is 421. The molecule has 5 heteroatoms. The van der Waals surface area contributed by atoms with Crippen molar-refractivity contribution in [2.75, 3.05) is 0 Å². The summed E-state index contributed by atoms with van der Waals surface area (Å²) in [7, 11) is 0. The molecule has 0 unspecified atom stereocenters. The largest absolute Gasteiger partial charge is 0.508 e.